The maximum atomic E-state index is 8.55. The maximum Gasteiger partial charge on any atom is 0.153 e. The Kier molecular flexibility index (Phi) is 4.84. The van der Waals surface area contributed by atoms with E-state index in [2.05, 4.69) is 35.9 Å². The fourth-order valence-electron chi connectivity index (χ4n) is 2.02. The molecule has 0 aromatic carbocycles. The summed E-state index contributed by atoms with van der Waals surface area (Å²) in [7, 11) is 0. The van der Waals surface area contributed by atoms with E-state index >= 15 is 0 Å². The van der Waals surface area contributed by atoms with Gasteiger partial charge in [0, 0.05) is 32.4 Å². The number of anilines is 1. The van der Waals surface area contributed by atoms with E-state index in [0.29, 0.717) is 11.6 Å². The van der Waals surface area contributed by atoms with Crippen LogP contribution in [0.15, 0.2) is 21.9 Å². The Bertz CT molecular complexity index is 476. The van der Waals surface area contributed by atoms with Gasteiger partial charge in [-0.05, 0) is 22.0 Å². The number of amidine groups is 1. The van der Waals surface area contributed by atoms with Gasteiger partial charge in [0.2, 0.25) is 0 Å². The van der Waals surface area contributed by atoms with E-state index in [-0.39, 0.29) is 5.84 Å². The smallest absolute Gasteiger partial charge is 0.153 e. The van der Waals surface area contributed by atoms with Gasteiger partial charge in [-0.25, -0.2) is 4.98 Å². The molecule has 0 amide bonds. The van der Waals surface area contributed by atoms with Crippen LogP contribution < -0.4 is 10.6 Å². The number of hydrogen-bond donors (Lipinski definition) is 2. The second-order valence-corrected chi connectivity index (χ2v) is 5.60. The van der Waals surface area contributed by atoms with Gasteiger partial charge in [-0.2, -0.15) is 0 Å². The molecule has 1 aliphatic rings. The summed E-state index contributed by atoms with van der Waals surface area (Å²) in [6.07, 6.45) is 1.64. The third kappa shape index (κ3) is 3.71. The zero-order valence-electron chi connectivity index (χ0n) is 10.3. The van der Waals surface area contributed by atoms with Gasteiger partial charge in [-0.15, -0.1) is 0 Å². The second-order valence-electron chi connectivity index (χ2n) is 4.31. The quantitative estimate of drug-likeness (QED) is 0.373. The van der Waals surface area contributed by atoms with E-state index < -0.39 is 0 Å². The van der Waals surface area contributed by atoms with E-state index in [1.807, 2.05) is 6.07 Å². The van der Waals surface area contributed by atoms with Gasteiger partial charge in [0.15, 0.2) is 5.84 Å². The highest BCUT2D eigenvalue weighted by Crippen LogP contribution is 2.27. The molecule has 0 unspecified atom stereocenters. The van der Waals surface area contributed by atoms with Gasteiger partial charge in [0.05, 0.1) is 16.0 Å². The molecule has 1 aliphatic heterocycles. The first kappa shape index (κ1) is 14.4. The molecule has 0 spiro atoms. The van der Waals surface area contributed by atoms with Gasteiger partial charge in [-0.1, -0.05) is 16.8 Å². The lowest BCUT2D eigenvalue weighted by Gasteiger charge is -2.35. The van der Waals surface area contributed by atoms with Crippen LogP contribution in [0.1, 0.15) is 0 Å². The summed E-state index contributed by atoms with van der Waals surface area (Å²) in [5.74, 6) is 1.13. The fourth-order valence-corrected chi connectivity index (χ4v) is 2.91. The molecule has 1 saturated heterocycles. The Labute approximate surface area is 125 Å². The largest absolute Gasteiger partial charge is 0.409 e. The zero-order valence-corrected chi connectivity index (χ0v) is 12.6. The highest BCUT2D eigenvalue weighted by Gasteiger charge is 2.20. The molecule has 19 heavy (non-hydrogen) atoms. The molecule has 0 radical (unpaired) electrons. The fraction of sp³-hybridized carbons (Fsp3) is 0.455. The predicted octanol–water partition coefficient (Wildman–Crippen LogP) is 1.37. The van der Waals surface area contributed by atoms with Crippen molar-refractivity contribution in [3.63, 3.8) is 0 Å². The van der Waals surface area contributed by atoms with Crippen LogP contribution in [0.3, 0.4) is 0 Å². The molecule has 0 aliphatic carbocycles. The Morgan fingerprint density at radius 3 is 2.74 bits per heavy atom. The highest BCUT2D eigenvalue weighted by molar-refractivity contribution is 9.10. The number of piperazine rings is 1. The second kappa shape index (κ2) is 6.40. The van der Waals surface area contributed by atoms with E-state index in [1.54, 1.807) is 6.20 Å². The molecule has 0 saturated carbocycles. The van der Waals surface area contributed by atoms with Crippen molar-refractivity contribution >= 4 is 39.2 Å². The van der Waals surface area contributed by atoms with Gasteiger partial charge in [0.25, 0.3) is 0 Å². The number of nitrogens with zero attached hydrogens (tertiary/aromatic N) is 4. The van der Waals surface area contributed by atoms with E-state index in [1.165, 1.54) is 0 Å². The molecule has 6 nitrogen and oxygen atoms in total. The Hall–Kier alpha value is -1.05. The summed E-state index contributed by atoms with van der Waals surface area (Å²) in [5.41, 5.74) is 5.50. The first-order valence-electron chi connectivity index (χ1n) is 5.85. The van der Waals surface area contributed by atoms with E-state index in [4.69, 9.17) is 22.5 Å². The zero-order chi connectivity index (χ0) is 13.8. The number of oxime groups is 1. The lowest BCUT2D eigenvalue weighted by molar-refractivity contribution is 0.278. The van der Waals surface area contributed by atoms with Gasteiger partial charge in [0.1, 0.15) is 5.82 Å². The monoisotopic (exact) mass is 347 g/mol. The van der Waals surface area contributed by atoms with E-state index in [0.717, 1.165) is 36.5 Å². The lowest BCUT2D eigenvalue weighted by Crippen LogP contribution is -2.49. The number of pyridine rings is 1. The molecular weight excluding hydrogens is 334 g/mol. The summed E-state index contributed by atoms with van der Waals surface area (Å²) in [6, 6.07) is 1.84. The van der Waals surface area contributed by atoms with Crippen LogP contribution in [0.2, 0.25) is 5.02 Å². The van der Waals surface area contributed by atoms with Crippen LogP contribution in [0.4, 0.5) is 5.82 Å². The van der Waals surface area contributed by atoms with Crippen molar-refractivity contribution in [3.8, 4) is 0 Å². The first-order chi connectivity index (χ1) is 9.10. The average molecular weight is 349 g/mol. The molecule has 0 atom stereocenters. The molecule has 104 valence electrons. The summed E-state index contributed by atoms with van der Waals surface area (Å²) < 4.78 is 0.893. The summed E-state index contributed by atoms with van der Waals surface area (Å²) in [5, 5.41) is 12.2. The summed E-state index contributed by atoms with van der Waals surface area (Å²) >= 11 is 9.36. The Morgan fingerprint density at radius 1 is 1.47 bits per heavy atom. The van der Waals surface area contributed by atoms with Crippen molar-refractivity contribution in [2.45, 2.75) is 0 Å². The minimum atomic E-state index is 0.235. The SMILES string of the molecule is NC(CN1CCN(c2ncc(Cl)cc2Br)CC1)=NO. The van der Waals surface area contributed by atoms with Crippen LogP contribution in [-0.2, 0) is 0 Å². The summed E-state index contributed by atoms with van der Waals surface area (Å²) in [6.45, 7) is 3.84. The van der Waals surface area contributed by atoms with Crippen LogP contribution in [-0.4, -0.2) is 53.7 Å². The van der Waals surface area contributed by atoms with E-state index in [9.17, 15) is 0 Å². The van der Waals surface area contributed by atoms with Crippen molar-refractivity contribution in [2.75, 3.05) is 37.6 Å². The molecule has 1 aromatic rings. The molecule has 0 bridgehead atoms. The minimum absolute atomic E-state index is 0.235. The molecular formula is C11H15BrClN5O. The molecule has 2 rings (SSSR count). The van der Waals surface area contributed by atoms with Crippen molar-refractivity contribution in [3.05, 3.63) is 21.8 Å². The number of aromatic nitrogens is 1. The number of hydrogen-bond acceptors (Lipinski definition) is 5. The van der Waals surface area contributed by atoms with Crippen LogP contribution in [0.5, 0.6) is 0 Å². The lowest BCUT2D eigenvalue weighted by atomic mass is 10.3. The number of halogens is 2. The molecule has 1 fully saturated rings. The Morgan fingerprint density at radius 2 is 2.16 bits per heavy atom. The maximum absolute atomic E-state index is 8.55. The average Bonchev–Trinajstić information content (AvgIpc) is 2.40. The topological polar surface area (TPSA) is 78.0 Å². The standard InChI is InChI=1S/C11H15BrClN5O/c12-9-5-8(13)6-15-11(9)18-3-1-17(2-4-18)7-10(14)16-19/h5-6,19H,1-4,7H2,(H2,14,16). The number of rotatable bonds is 3. The van der Waals surface area contributed by atoms with Crippen molar-refractivity contribution in [1.82, 2.24) is 9.88 Å². The third-order valence-corrected chi connectivity index (χ3v) is 3.76. The Balaban J connectivity index is 1.96. The molecule has 1 aromatic heterocycles. The predicted molar refractivity (Wildman–Crippen MR) is 79.0 cm³/mol. The van der Waals surface area contributed by atoms with Gasteiger partial charge >= 0.3 is 0 Å². The van der Waals surface area contributed by atoms with Crippen molar-refractivity contribution in [2.24, 2.45) is 10.9 Å². The molecule has 3 N–H and O–H groups in total. The highest BCUT2D eigenvalue weighted by atomic mass is 79.9. The first-order valence-corrected chi connectivity index (χ1v) is 7.02. The van der Waals surface area contributed by atoms with Crippen LogP contribution in [0.25, 0.3) is 0 Å². The van der Waals surface area contributed by atoms with Crippen molar-refractivity contribution in [1.29, 1.82) is 0 Å². The molecule has 8 heteroatoms. The summed E-state index contributed by atoms with van der Waals surface area (Å²) in [4.78, 5) is 8.66. The normalized spacial score (nSPS) is 17.8. The van der Waals surface area contributed by atoms with Gasteiger partial charge < -0.3 is 15.8 Å². The third-order valence-electron chi connectivity index (χ3n) is 2.97. The minimum Gasteiger partial charge on any atom is -0.409 e. The van der Waals surface area contributed by atoms with Crippen LogP contribution in [0, 0.1) is 0 Å². The number of nitrogens with two attached hydrogens (primary N) is 1. The van der Waals surface area contributed by atoms with Crippen LogP contribution >= 0.6 is 27.5 Å². The van der Waals surface area contributed by atoms with Gasteiger partial charge in [-0.3, -0.25) is 4.90 Å². The van der Waals surface area contributed by atoms with Crippen molar-refractivity contribution < 1.29 is 5.21 Å². The molecule has 2 heterocycles.